The first-order valence-electron chi connectivity index (χ1n) is 6.64. The first kappa shape index (κ1) is 12.1. The maximum Gasteiger partial charge on any atom is -0.0269 e. The number of hydrogen-bond acceptors (Lipinski definition) is 0. The fraction of sp³-hybridized carbons (Fsp3) is 1.00. The average Bonchev–Trinajstić information content (AvgIpc) is 2.57. The van der Waals surface area contributed by atoms with Gasteiger partial charge in [0.25, 0.3) is 0 Å². The quantitative estimate of drug-likeness (QED) is 0.578. The lowest BCUT2D eigenvalue weighted by molar-refractivity contribution is 0.149. The van der Waals surface area contributed by atoms with Gasteiger partial charge in [-0.05, 0) is 36.5 Å². The van der Waals surface area contributed by atoms with E-state index in [9.17, 15) is 0 Å². The highest BCUT2D eigenvalue weighted by Gasteiger charge is 2.40. The number of rotatable bonds is 5. The van der Waals surface area contributed by atoms with Crippen LogP contribution in [0, 0.1) is 17.3 Å². The molecule has 1 saturated carbocycles. The van der Waals surface area contributed by atoms with Crippen molar-refractivity contribution < 1.29 is 0 Å². The van der Waals surface area contributed by atoms with Gasteiger partial charge in [0.1, 0.15) is 0 Å². The molecule has 0 radical (unpaired) electrons. The molecule has 0 aromatic rings. The second-order valence-electron chi connectivity index (χ2n) is 5.62. The van der Waals surface area contributed by atoms with Crippen molar-refractivity contribution in [2.75, 3.05) is 0 Å². The van der Waals surface area contributed by atoms with E-state index in [-0.39, 0.29) is 0 Å². The van der Waals surface area contributed by atoms with Crippen LogP contribution in [0.2, 0.25) is 0 Å². The predicted molar refractivity (Wildman–Crippen MR) is 64.4 cm³/mol. The monoisotopic (exact) mass is 196 g/mol. The van der Waals surface area contributed by atoms with Gasteiger partial charge in [-0.2, -0.15) is 0 Å². The Balaban J connectivity index is 2.59. The minimum atomic E-state index is 0.726. The summed E-state index contributed by atoms with van der Waals surface area (Å²) in [5.41, 5.74) is 0.726. The normalized spacial score (nSPS) is 34.7. The molecule has 0 amide bonds. The molecule has 0 heteroatoms. The van der Waals surface area contributed by atoms with E-state index in [0.717, 1.165) is 17.3 Å². The Hall–Kier alpha value is 0. The summed E-state index contributed by atoms with van der Waals surface area (Å²) in [7, 11) is 0. The topological polar surface area (TPSA) is 0 Å². The lowest BCUT2D eigenvalue weighted by Gasteiger charge is -2.35. The minimum absolute atomic E-state index is 0.726. The first-order valence-corrected chi connectivity index (χ1v) is 6.64. The second-order valence-corrected chi connectivity index (χ2v) is 5.62. The number of unbranched alkanes of at least 4 members (excludes halogenated alkanes) is 1. The van der Waals surface area contributed by atoms with E-state index in [4.69, 9.17) is 0 Å². The average molecular weight is 196 g/mol. The summed E-state index contributed by atoms with van der Waals surface area (Å²) in [6.45, 7) is 9.60. The van der Waals surface area contributed by atoms with Gasteiger partial charge in [0.2, 0.25) is 0 Å². The molecule has 0 aromatic heterocycles. The summed E-state index contributed by atoms with van der Waals surface area (Å²) in [6.07, 6.45) is 10.2. The third-order valence-corrected chi connectivity index (χ3v) is 4.58. The van der Waals surface area contributed by atoms with Crippen LogP contribution in [0.15, 0.2) is 0 Å². The van der Waals surface area contributed by atoms with Crippen LogP contribution in [0.25, 0.3) is 0 Å². The molecular formula is C14H28. The van der Waals surface area contributed by atoms with E-state index in [2.05, 4.69) is 27.7 Å². The van der Waals surface area contributed by atoms with Crippen molar-refractivity contribution in [3.63, 3.8) is 0 Å². The van der Waals surface area contributed by atoms with Crippen molar-refractivity contribution in [3.05, 3.63) is 0 Å². The zero-order valence-corrected chi connectivity index (χ0v) is 10.6. The molecule has 1 rings (SSSR count). The lowest BCUT2D eigenvalue weighted by Crippen LogP contribution is -2.25. The van der Waals surface area contributed by atoms with Crippen molar-refractivity contribution in [1.82, 2.24) is 0 Å². The first-order chi connectivity index (χ1) is 6.64. The van der Waals surface area contributed by atoms with Crippen LogP contribution in [-0.4, -0.2) is 0 Å². The lowest BCUT2D eigenvalue weighted by atomic mass is 9.70. The van der Waals surface area contributed by atoms with E-state index < -0.39 is 0 Å². The van der Waals surface area contributed by atoms with Gasteiger partial charge in [-0.15, -0.1) is 0 Å². The SMILES string of the molecule is CCCCC1(C(C)CC)CCC(C)C1. The van der Waals surface area contributed by atoms with Gasteiger partial charge in [-0.25, -0.2) is 0 Å². The molecular weight excluding hydrogens is 168 g/mol. The highest BCUT2D eigenvalue weighted by molar-refractivity contribution is 4.90. The highest BCUT2D eigenvalue weighted by atomic mass is 14.4. The smallest absolute Gasteiger partial charge is 0.0269 e. The molecule has 14 heavy (non-hydrogen) atoms. The summed E-state index contributed by atoms with van der Waals surface area (Å²) < 4.78 is 0. The van der Waals surface area contributed by atoms with Crippen molar-refractivity contribution in [1.29, 1.82) is 0 Å². The second kappa shape index (κ2) is 5.19. The molecule has 0 N–H and O–H groups in total. The largest absolute Gasteiger partial charge is 0.0654 e. The molecule has 0 aliphatic heterocycles. The molecule has 3 atom stereocenters. The Morgan fingerprint density at radius 2 is 2.07 bits per heavy atom. The molecule has 0 spiro atoms. The predicted octanol–water partition coefficient (Wildman–Crippen LogP) is 5.03. The summed E-state index contributed by atoms with van der Waals surface area (Å²) >= 11 is 0. The molecule has 1 aliphatic carbocycles. The van der Waals surface area contributed by atoms with Crippen molar-refractivity contribution in [3.8, 4) is 0 Å². The molecule has 0 heterocycles. The minimum Gasteiger partial charge on any atom is -0.0654 e. The van der Waals surface area contributed by atoms with Crippen LogP contribution in [0.1, 0.15) is 72.6 Å². The maximum atomic E-state index is 2.48. The van der Waals surface area contributed by atoms with Gasteiger partial charge in [0.05, 0.1) is 0 Å². The van der Waals surface area contributed by atoms with Gasteiger partial charge < -0.3 is 0 Å². The van der Waals surface area contributed by atoms with Gasteiger partial charge in [-0.3, -0.25) is 0 Å². The fourth-order valence-electron chi connectivity index (χ4n) is 3.31. The Kier molecular flexibility index (Phi) is 4.47. The van der Waals surface area contributed by atoms with Crippen LogP contribution < -0.4 is 0 Å². The fourth-order valence-corrected chi connectivity index (χ4v) is 3.31. The van der Waals surface area contributed by atoms with Crippen LogP contribution in [-0.2, 0) is 0 Å². The van der Waals surface area contributed by atoms with Crippen molar-refractivity contribution in [2.45, 2.75) is 72.6 Å². The Morgan fingerprint density at radius 3 is 2.50 bits per heavy atom. The third-order valence-electron chi connectivity index (χ3n) is 4.58. The Labute approximate surface area is 90.5 Å². The number of hydrogen-bond donors (Lipinski definition) is 0. The van der Waals surface area contributed by atoms with Gasteiger partial charge in [0, 0.05) is 0 Å². The Morgan fingerprint density at radius 1 is 1.36 bits per heavy atom. The summed E-state index contributed by atoms with van der Waals surface area (Å²) in [5, 5.41) is 0. The molecule has 3 unspecified atom stereocenters. The maximum absolute atomic E-state index is 2.48. The van der Waals surface area contributed by atoms with Crippen LogP contribution in [0.3, 0.4) is 0 Å². The van der Waals surface area contributed by atoms with Crippen molar-refractivity contribution >= 4 is 0 Å². The van der Waals surface area contributed by atoms with E-state index in [1.165, 1.54) is 44.9 Å². The van der Waals surface area contributed by atoms with Crippen LogP contribution in [0.4, 0.5) is 0 Å². The standard InChI is InChI=1S/C14H28/c1-5-7-9-14(13(4)6-2)10-8-12(3)11-14/h12-13H,5-11H2,1-4H3. The van der Waals surface area contributed by atoms with Gasteiger partial charge in [0.15, 0.2) is 0 Å². The summed E-state index contributed by atoms with van der Waals surface area (Å²) in [5.74, 6) is 1.93. The van der Waals surface area contributed by atoms with E-state index in [0.29, 0.717) is 0 Å². The van der Waals surface area contributed by atoms with E-state index in [1.54, 1.807) is 0 Å². The van der Waals surface area contributed by atoms with E-state index >= 15 is 0 Å². The van der Waals surface area contributed by atoms with Crippen LogP contribution >= 0.6 is 0 Å². The van der Waals surface area contributed by atoms with Crippen molar-refractivity contribution in [2.24, 2.45) is 17.3 Å². The zero-order chi connectivity index (χ0) is 10.6. The molecule has 0 bridgehead atoms. The third kappa shape index (κ3) is 2.52. The molecule has 1 fully saturated rings. The molecule has 0 saturated heterocycles. The molecule has 0 nitrogen and oxygen atoms in total. The van der Waals surface area contributed by atoms with Gasteiger partial charge >= 0.3 is 0 Å². The molecule has 1 aliphatic rings. The van der Waals surface area contributed by atoms with Gasteiger partial charge in [-0.1, -0.05) is 53.4 Å². The zero-order valence-electron chi connectivity index (χ0n) is 10.6. The van der Waals surface area contributed by atoms with Crippen LogP contribution in [0.5, 0.6) is 0 Å². The van der Waals surface area contributed by atoms with E-state index in [1.807, 2.05) is 0 Å². The summed E-state index contributed by atoms with van der Waals surface area (Å²) in [6, 6.07) is 0. The summed E-state index contributed by atoms with van der Waals surface area (Å²) in [4.78, 5) is 0. The molecule has 0 aromatic carbocycles. The highest BCUT2D eigenvalue weighted by Crippen LogP contribution is 2.51. The molecule has 84 valence electrons. The Bertz CT molecular complexity index is 161.